The monoisotopic (exact) mass is 146 g/mol. The van der Waals surface area contributed by atoms with Crippen LogP contribution in [0.15, 0.2) is 23.9 Å². The van der Waals surface area contributed by atoms with Crippen molar-refractivity contribution in [2.24, 2.45) is 0 Å². The minimum absolute atomic E-state index is 0.628. The van der Waals surface area contributed by atoms with Crippen molar-refractivity contribution < 1.29 is 25.2 Å². The molecular formula is C5H6O5. The van der Waals surface area contributed by atoms with E-state index in [0.29, 0.717) is 0 Å². The van der Waals surface area contributed by atoms with E-state index >= 15 is 0 Å². The highest BCUT2D eigenvalue weighted by Gasteiger charge is 2.35. The minimum Gasteiger partial charge on any atom is -0.504 e. The highest BCUT2D eigenvalue weighted by Crippen LogP contribution is 2.20. The first kappa shape index (κ1) is 6.91. The van der Waals surface area contributed by atoms with Crippen molar-refractivity contribution in [3.05, 3.63) is 23.9 Å². The molecule has 5 heteroatoms. The second-order valence-electron chi connectivity index (χ2n) is 1.76. The lowest BCUT2D eigenvalue weighted by molar-refractivity contribution is -0.304. The summed E-state index contributed by atoms with van der Waals surface area (Å²) in [6.07, 6.45) is 1.84. The molecule has 1 aliphatic rings. The largest absolute Gasteiger partial charge is 0.504 e. The smallest absolute Gasteiger partial charge is 0.388 e. The van der Waals surface area contributed by atoms with Gasteiger partial charge in [0.05, 0.1) is 6.26 Å². The third kappa shape index (κ3) is 0.916. The summed E-state index contributed by atoms with van der Waals surface area (Å²) in [5, 5.41) is 34.6. The fourth-order valence-electron chi connectivity index (χ4n) is 0.495. The molecule has 1 rings (SSSR count). The van der Waals surface area contributed by atoms with Crippen LogP contribution in [-0.2, 0) is 4.74 Å². The van der Waals surface area contributed by atoms with Crippen LogP contribution >= 0.6 is 0 Å². The summed E-state index contributed by atoms with van der Waals surface area (Å²) >= 11 is 0. The SMILES string of the molecule is OC1=C(O)C(O)(O)OC=C1. The molecule has 56 valence electrons. The Morgan fingerprint density at radius 1 is 1.30 bits per heavy atom. The highest BCUT2D eigenvalue weighted by atomic mass is 16.8. The molecular weight excluding hydrogens is 140 g/mol. The van der Waals surface area contributed by atoms with E-state index in [2.05, 4.69) is 4.74 Å². The van der Waals surface area contributed by atoms with E-state index < -0.39 is 17.5 Å². The third-order valence-corrected chi connectivity index (χ3v) is 1.01. The van der Waals surface area contributed by atoms with Crippen LogP contribution in [0.2, 0.25) is 0 Å². The molecule has 0 atom stereocenters. The summed E-state index contributed by atoms with van der Waals surface area (Å²) in [7, 11) is 0. The van der Waals surface area contributed by atoms with Gasteiger partial charge in [-0.05, 0) is 0 Å². The highest BCUT2D eigenvalue weighted by molar-refractivity contribution is 5.19. The zero-order valence-electron chi connectivity index (χ0n) is 4.85. The van der Waals surface area contributed by atoms with Gasteiger partial charge in [0, 0.05) is 6.08 Å². The maximum atomic E-state index is 8.66. The van der Waals surface area contributed by atoms with Crippen molar-refractivity contribution in [3.8, 4) is 0 Å². The standard InChI is InChI=1S/C5H6O5/c6-3-1-2-10-5(8,9)4(3)7/h1-2,6-9H. The Morgan fingerprint density at radius 2 is 1.90 bits per heavy atom. The topological polar surface area (TPSA) is 90.2 Å². The fourth-order valence-corrected chi connectivity index (χ4v) is 0.495. The predicted octanol–water partition coefficient (Wildman–Crippen LogP) is -0.504. The number of hydrogen-bond acceptors (Lipinski definition) is 5. The summed E-state index contributed by atoms with van der Waals surface area (Å²) < 4.78 is 4.11. The van der Waals surface area contributed by atoms with Crippen LogP contribution in [0.5, 0.6) is 0 Å². The minimum atomic E-state index is -2.79. The van der Waals surface area contributed by atoms with E-state index in [1.165, 1.54) is 0 Å². The van der Waals surface area contributed by atoms with E-state index in [1.807, 2.05) is 0 Å². The summed E-state index contributed by atoms with van der Waals surface area (Å²) in [6.45, 7) is 0. The van der Waals surface area contributed by atoms with Gasteiger partial charge in [-0.1, -0.05) is 0 Å². The van der Waals surface area contributed by atoms with Gasteiger partial charge in [-0.15, -0.1) is 0 Å². The van der Waals surface area contributed by atoms with Crippen molar-refractivity contribution in [1.29, 1.82) is 0 Å². The Balaban J connectivity index is 2.99. The van der Waals surface area contributed by atoms with Gasteiger partial charge in [0.2, 0.25) is 5.76 Å². The molecule has 0 bridgehead atoms. The molecule has 0 aromatic heterocycles. The summed E-state index contributed by atoms with van der Waals surface area (Å²) in [5.41, 5.74) is 0. The lowest BCUT2D eigenvalue weighted by Gasteiger charge is -2.22. The molecule has 0 aromatic rings. The molecule has 4 N–H and O–H groups in total. The second-order valence-corrected chi connectivity index (χ2v) is 1.76. The zero-order valence-corrected chi connectivity index (χ0v) is 4.85. The lowest BCUT2D eigenvalue weighted by Crippen LogP contribution is -2.35. The van der Waals surface area contributed by atoms with Crippen molar-refractivity contribution >= 4 is 0 Å². The number of hydrogen-bond donors (Lipinski definition) is 4. The third-order valence-electron chi connectivity index (χ3n) is 1.01. The van der Waals surface area contributed by atoms with Crippen LogP contribution in [0.25, 0.3) is 0 Å². The number of aliphatic hydroxyl groups excluding tert-OH is 2. The first-order chi connectivity index (χ1) is 4.54. The Labute approximate surface area is 56.1 Å². The fraction of sp³-hybridized carbons (Fsp3) is 0.200. The van der Waals surface area contributed by atoms with E-state index in [-0.39, 0.29) is 0 Å². The number of rotatable bonds is 0. The molecule has 0 spiro atoms. The molecule has 0 saturated carbocycles. The summed E-state index contributed by atoms with van der Waals surface area (Å²) in [6, 6.07) is 0. The van der Waals surface area contributed by atoms with Gasteiger partial charge in [0.1, 0.15) is 0 Å². The van der Waals surface area contributed by atoms with Crippen molar-refractivity contribution in [2.45, 2.75) is 5.97 Å². The van der Waals surface area contributed by atoms with Crippen LogP contribution in [-0.4, -0.2) is 26.4 Å². The lowest BCUT2D eigenvalue weighted by atomic mass is 10.3. The molecule has 5 nitrogen and oxygen atoms in total. The maximum Gasteiger partial charge on any atom is 0.388 e. The Morgan fingerprint density at radius 3 is 2.30 bits per heavy atom. The van der Waals surface area contributed by atoms with Crippen molar-refractivity contribution in [1.82, 2.24) is 0 Å². The van der Waals surface area contributed by atoms with E-state index in [4.69, 9.17) is 20.4 Å². The average Bonchev–Trinajstić information content (AvgIpc) is 1.83. The molecule has 0 unspecified atom stereocenters. The predicted molar refractivity (Wildman–Crippen MR) is 29.7 cm³/mol. The van der Waals surface area contributed by atoms with Gasteiger partial charge in [-0.3, -0.25) is 0 Å². The van der Waals surface area contributed by atoms with E-state index in [0.717, 1.165) is 12.3 Å². The summed E-state index contributed by atoms with van der Waals surface area (Å²) in [4.78, 5) is 0. The normalized spacial score (nSPS) is 22.6. The molecule has 0 radical (unpaired) electrons. The van der Waals surface area contributed by atoms with Gasteiger partial charge in [0.25, 0.3) is 0 Å². The average molecular weight is 146 g/mol. The second kappa shape index (κ2) is 1.89. The van der Waals surface area contributed by atoms with Crippen LogP contribution in [0.1, 0.15) is 0 Å². The Bertz CT molecular complexity index is 202. The molecule has 0 aromatic carbocycles. The van der Waals surface area contributed by atoms with Gasteiger partial charge < -0.3 is 25.2 Å². The van der Waals surface area contributed by atoms with Crippen LogP contribution in [0, 0.1) is 0 Å². The first-order valence-electron chi connectivity index (χ1n) is 2.46. The quantitative estimate of drug-likeness (QED) is 0.346. The van der Waals surface area contributed by atoms with Gasteiger partial charge in [0.15, 0.2) is 5.76 Å². The maximum absolute atomic E-state index is 8.66. The van der Waals surface area contributed by atoms with E-state index in [9.17, 15) is 0 Å². The van der Waals surface area contributed by atoms with Crippen LogP contribution < -0.4 is 0 Å². The Kier molecular flexibility index (Phi) is 1.31. The summed E-state index contributed by atoms with van der Waals surface area (Å²) in [5.74, 6) is -4.44. The van der Waals surface area contributed by atoms with Crippen molar-refractivity contribution in [3.63, 3.8) is 0 Å². The van der Waals surface area contributed by atoms with Gasteiger partial charge in [-0.2, -0.15) is 0 Å². The number of ether oxygens (including phenoxy) is 1. The van der Waals surface area contributed by atoms with Crippen LogP contribution in [0.4, 0.5) is 0 Å². The molecule has 0 amide bonds. The number of aliphatic hydroxyl groups is 4. The molecule has 1 heterocycles. The first-order valence-corrected chi connectivity index (χ1v) is 2.46. The zero-order chi connectivity index (χ0) is 7.78. The van der Waals surface area contributed by atoms with Gasteiger partial charge >= 0.3 is 5.97 Å². The molecule has 10 heavy (non-hydrogen) atoms. The van der Waals surface area contributed by atoms with Crippen molar-refractivity contribution in [2.75, 3.05) is 0 Å². The molecule has 0 fully saturated rings. The molecule has 1 aliphatic heterocycles. The van der Waals surface area contributed by atoms with Gasteiger partial charge in [-0.25, -0.2) is 0 Å². The number of allylic oxidation sites excluding steroid dienone is 1. The Hall–Kier alpha value is -1.20. The molecule has 0 saturated heterocycles. The van der Waals surface area contributed by atoms with Crippen LogP contribution in [0.3, 0.4) is 0 Å². The van der Waals surface area contributed by atoms with E-state index in [1.54, 1.807) is 0 Å². The molecule has 0 aliphatic carbocycles.